The Bertz CT molecular complexity index is 844. The quantitative estimate of drug-likeness (QED) is 0.561. The Balaban J connectivity index is 2.08. The van der Waals surface area contributed by atoms with Gasteiger partial charge in [0.25, 0.3) is 0 Å². The first kappa shape index (κ1) is 24.2. The molecule has 0 spiro atoms. The largest absolute Gasteiger partial charge is 0.354 e. The van der Waals surface area contributed by atoms with Gasteiger partial charge in [-0.25, -0.2) is 8.78 Å². The van der Waals surface area contributed by atoms with E-state index < -0.39 is 11.9 Å². The van der Waals surface area contributed by atoms with Crippen LogP contribution >= 0.6 is 23.4 Å². The highest BCUT2D eigenvalue weighted by atomic mass is 35.5. The van der Waals surface area contributed by atoms with Crippen molar-refractivity contribution in [3.8, 4) is 0 Å². The molecule has 0 saturated carbocycles. The van der Waals surface area contributed by atoms with E-state index in [2.05, 4.69) is 5.32 Å². The van der Waals surface area contributed by atoms with Crippen LogP contribution in [0.5, 0.6) is 0 Å². The Morgan fingerprint density at radius 1 is 1.17 bits per heavy atom. The van der Waals surface area contributed by atoms with Gasteiger partial charge in [-0.15, -0.1) is 11.8 Å². The van der Waals surface area contributed by atoms with Crippen LogP contribution in [0.4, 0.5) is 8.78 Å². The predicted molar refractivity (Wildman–Crippen MR) is 117 cm³/mol. The average Bonchev–Trinajstić information content (AvgIpc) is 2.73. The van der Waals surface area contributed by atoms with Crippen molar-refractivity contribution in [2.75, 3.05) is 12.3 Å². The van der Waals surface area contributed by atoms with Crippen LogP contribution in [0.2, 0.25) is 5.02 Å². The zero-order valence-corrected chi connectivity index (χ0v) is 18.5. The molecule has 0 bridgehead atoms. The van der Waals surface area contributed by atoms with Crippen molar-refractivity contribution in [3.63, 3.8) is 0 Å². The second kappa shape index (κ2) is 11.9. The monoisotopic (exact) mass is 454 g/mol. The van der Waals surface area contributed by atoms with Crippen LogP contribution in [0, 0.1) is 11.6 Å². The molecular formula is C22H25ClF2N2O2S. The lowest BCUT2D eigenvalue weighted by molar-refractivity contribution is -0.138. The van der Waals surface area contributed by atoms with E-state index in [9.17, 15) is 18.4 Å². The van der Waals surface area contributed by atoms with Gasteiger partial charge in [-0.1, -0.05) is 36.7 Å². The lowest BCUT2D eigenvalue weighted by Crippen LogP contribution is -2.48. The van der Waals surface area contributed by atoms with Gasteiger partial charge in [-0.2, -0.15) is 0 Å². The van der Waals surface area contributed by atoms with E-state index in [4.69, 9.17) is 11.6 Å². The summed E-state index contributed by atoms with van der Waals surface area (Å²) in [5, 5.41) is 3.10. The topological polar surface area (TPSA) is 49.4 Å². The highest BCUT2D eigenvalue weighted by Gasteiger charge is 2.26. The summed E-state index contributed by atoms with van der Waals surface area (Å²) in [6, 6.07) is 9.54. The molecule has 1 N–H and O–H groups in total. The predicted octanol–water partition coefficient (Wildman–Crippen LogP) is 4.79. The molecule has 0 radical (unpaired) electrons. The van der Waals surface area contributed by atoms with E-state index in [0.717, 1.165) is 6.42 Å². The third-order valence-electron chi connectivity index (χ3n) is 4.52. The fraction of sp³-hybridized carbons (Fsp3) is 0.364. The Morgan fingerprint density at radius 3 is 2.50 bits per heavy atom. The summed E-state index contributed by atoms with van der Waals surface area (Å²) in [4.78, 5) is 26.8. The molecule has 8 heteroatoms. The van der Waals surface area contributed by atoms with Crippen LogP contribution in [-0.2, 0) is 21.9 Å². The molecule has 2 amide bonds. The second-order valence-corrected chi connectivity index (χ2v) is 8.20. The number of carbonyl (C=O) groups excluding carboxylic acids is 2. The number of hydrogen-bond donors (Lipinski definition) is 1. The van der Waals surface area contributed by atoms with Crippen molar-refractivity contribution in [3.05, 3.63) is 70.2 Å². The van der Waals surface area contributed by atoms with Crippen molar-refractivity contribution in [1.82, 2.24) is 10.2 Å². The third-order valence-corrected chi connectivity index (χ3v) is 5.81. The minimum absolute atomic E-state index is 0.0528. The second-order valence-electron chi connectivity index (χ2n) is 6.81. The molecule has 1 atom stereocenters. The number of nitrogens with one attached hydrogen (secondary N) is 1. The van der Waals surface area contributed by atoms with Gasteiger partial charge in [0, 0.05) is 29.4 Å². The van der Waals surface area contributed by atoms with Crippen molar-refractivity contribution < 1.29 is 18.4 Å². The van der Waals surface area contributed by atoms with Crippen LogP contribution in [0.3, 0.4) is 0 Å². The van der Waals surface area contributed by atoms with Crippen LogP contribution in [-0.4, -0.2) is 35.1 Å². The molecule has 2 aromatic carbocycles. The molecule has 0 fully saturated rings. The summed E-state index contributed by atoms with van der Waals surface area (Å²) < 4.78 is 27.1. The van der Waals surface area contributed by atoms with Crippen molar-refractivity contribution in [1.29, 1.82) is 0 Å². The maximum Gasteiger partial charge on any atom is 0.242 e. The van der Waals surface area contributed by atoms with Gasteiger partial charge in [0.15, 0.2) is 0 Å². The highest BCUT2D eigenvalue weighted by molar-refractivity contribution is 7.99. The Morgan fingerprint density at radius 2 is 1.87 bits per heavy atom. The number of rotatable bonds is 10. The molecule has 0 aromatic heterocycles. The number of carbonyl (C=O) groups is 2. The zero-order chi connectivity index (χ0) is 22.1. The van der Waals surface area contributed by atoms with Gasteiger partial charge >= 0.3 is 0 Å². The molecule has 0 unspecified atom stereocenters. The molecule has 2 aromatic rings. The van der Waals surface area contributed by atoms with Gasteiger partial charge in [-0.05, 0) is 43.2 Å². The SMILES string of the molecule is CCCNC(=O)[C@H](C)N(Cc1ccc(F)cc1)C(=O)CSCc1c(F)cccc1Cl. The molecule has 0 aliphatic carbocycles. The van der Waals surface area contributed by atoms with E-state index in [1.165, 1.54) is 40.9 Å². The summed E-state index contributed by atoms with van der Waals surface area (Å²) in [5.74, 6) is -1.03. The molecule has 0 saturated heterocycles. The fourth-order valence-corrected chi connectivity index (χ4v) is 4.01. The summed E-state index contributed by atoms with van der Waals surface area (Å²) in [6.07, 6.45) is 0.781. The molecular weight excluding hydrogens is 430 g/mol. The first-order valence-corrected chi connectivity index (χ1v) is 11.2. The van der Waals surface area contributed by atoms with E-state index >= 15 is 0 Å². The van der Waals surface area contributed by atoms with E-state index in [-0.39, 0.29) is 35.7 Å². The molecule has 162 valence electrons. The number of hydrogen-bond acceptors (Lipinski definition) is 3. The summed E-state index contributed by atoms with van der Waals surface area (Å²) in [6.45, 7) is 4.28. The highest BCUT2D eigenvalue weighted by Crippen LogP contribution is 2.24. The van der Waals surface area contributed by atoms with Gasteiger partial charge < -0.3 is 10.2 Å². The number of thioether (sulfide) groups is 1. The maximum atomic E-state index is 13.9. The molecule has 0 aliphatic rings. The van der Waals surface area contributed by atoms with E-state index in [1.54, 1.807) is 25.1 Å². The summed E-state index contributed by atoms with van der Waals surface area (Å²) >= 11 is 7.26. The summed E-state index contributed by atoms with van der Waals surface area (Å²) in [7, 11) is 0. The normalized spacial score (nSPS) is 11.8. The molecule has 4 nitrogen and oxygen atoms in total. The van der Waals surface area contributed by atoms with Crippen LogP contribution < -0.4 is 5.32 Å². The Hall–Kier alpha value is -2.12. The Labute approximate surface area is 185 Å². The number of benzene rings is 2. The molecule has 30 heavy (non-hydrogen) atoms. The first-order chi connectivity index (χ1) is 14.3. The minimum Gasteiger partial charge on any atom is -0.354 e. The van der Waals surface area contributed by atoms with Gasteiger partial charge in [-0.3, -0.25) is 9.59 Å². The first-order valence-electron chi connectivity index (χ1n) is 9.65. The van der Waals surface area contributed by atoms with Gasteiger partial charge in [0.05, 0.1) is 5.75 Å². The average molecular weight is 455 g/mol. The third kappa shape index (κ3) is 6.99. The fourth-order valence-electron chi connectivity index (χ4n) is 2.76. The lowest BCUT2D eigenvalue weighted by atomic mass is 10.1. The number of nitrogens with zero attached hydrogens (tertiary/aromatic N) is 1. The standard InChI is InChI=1S/C22H25ClF2N2O2S/c1-3-11-26-22(29)15(2)27(12-16-7-9-17(24)10-8-16)21(28)14-30-13-18-19(23)5-4-6-20(18)25/h4-10,15H,3,11-14H2,1-2H3,(H,26,29)/t15-/m0/s1. The van der Waals surface area contributed by atoms with Crippen LogP contribution in [0.25, 0.3) is 0 Å². The van der Waals surface area contributed by atoms with Gasteiger partial charge in [0.2, 0.25) is 11.8 Å². The minimum atomic E-state index is -0.702. The molecule has 0 aliphatic heterocycles. The van der Waals surface area contributed by atoms with Crippen LogP contribution in [0.1, 0.15) is 31.4 Å². The van der Waals surface area contributed by atoms with Gasteiger partial charge in [0.1, 0.15) is 17.7 Å². The maximum absolute atomic E-state index is 13.9. The van der Waals surface area contributed by atoms with Crippen LogP contribution in [0.15, 0.2) is 42.5 Å². The number of amides is 2. The lowest BCUT2D eigenvalue weighted by Gasteiger charge is -2.28. The van der Waals surface area contributed by atoms with Crippen molar-refractivity contribution in [2.24, 2.45) is 0 Å². The van der Waals surface area contributed by atoms with Crippen molar-refractivity contribution >= 4 is 35.2 Å². The van der Waals surface area contributed by atoms with E-state index in [1.807, 2.05) is 6.92 Å². The van der Waals surface area contributed by atoms with Crippen molar-refractivity contribution in [2.45, 2.75) is 38.6 Å². The molecule has 0 heterocycles. The zero-order valence-electron chi connectivity index (χ0n) is 17.0. The Kier molecular flexibility index (Phi) is 9.59. The van der Waals surface area contributed by atoms with E-state index in [0.29, 0.717) is 22.7 Å². The summed E-state index contributed by atoms with van der Waals surface area (Å²) in [5.41, 5.74) is 1.05. The number of halogens is 3. The molecule has 2 rings (SSSR count). The smallest absolute Gasteiger partial charge is 0.242 e.